The standard InChI is InChI=1S/C18H15N5OS/c1-3-23-10-21-17-13(18(23)24)7-14(15-9-20-11(2)25-15)22-16(17)12-5-4-6-19-8-12/h4-10H,3H2,1-2H3. The van der Waals surface area contributed by atoms with E-state index in [-0.39, 0.29) is 5.56 Å². The summed E-state index contributed by atoms with van der Waals surface area (Å²) in [6.45, 7) is 4.44. The zero-order chi connectivity index (χ0) is 17.4. The van der Waals surface area contributed by atoms with Crippen LogP contribution >= 0.6 is 11.3 Å². The lowest BCUT2D eigenvalue weighted by Gasteiger charge is -2.09. The molecule has 0 saturated heterocycles. The monoisotopic (exact) mass is 349 g/mol. The van der Waals surface area contributed by atoms with E-state index in [2.05, 4.69) is 15.0 Å². The predicted octanol–water partition coefficient (Wildman–Crippen LogP) is 3.31. The fourth-order valence-corrected chi connectivity index (χ4v) is 3.44. The third-order valence-corrected chi connectivity index (χ3v) is 4.89. The van der Waals surface area contributed by atoms with E-state index in [1.54, 1.807) is 40.8 Å². The number of thiazole rings is 1. The molecule has 25 heavy (non-hydrogen) atoms. The Hall–Kier alpha value is -2.93. The van der Waals surface area contributed by atoms with Crippen molar-refractivity contribution in [1.29, 1.82) is 0 Å². The van der Waals surface area contributed by atoms with E-state index in [4.69, 9.17) is 4.98 Å². The summed E-state index contributed by atoms with van der Waals surface area (Å²) >= 11 is 1.55. The summed E-state index contributed by atoms with van der Waals surface area (Å²) in [5, 5.41) is 1.51. The zero-order valence-electron chi connectivity index (χ0n) is 13.8. The van der Waals surface area contributed by atoms with Crippen LogP contribution in [0, 0.1) is 6.92 Å². The Bertz CT molecular complexity index is 1120. The van der Waals surface area contributed by atoms with Gasteiger partial charge in [0.1, 0.15) is 5.52 Å². The Morgan fingerprint density at radius 1 is 1.24 bits per heavy atom. The Balaban J connectivity index is 2.08. The summed E-state index contributed by atoms with van der Waals surface area (Å²) in [6, 6.07) is 5.58. The van der Waals surface area contributed by atoms with Crippen LogP contribution in [0.5, 0.6) is 0 Å². The van der Waals surface area contributed by atoms with Crippen molar-refractivity contribution in [3.8, 4) is 21.8 Å². The Morgan fingerprint density at radius 3 is 2.80 bits per heavy atom. The highest BCUT2D eigenvalue weighted by Gasteiger charge is 2.15. The summed E-state index contributed by atoms with van der Waals surface area (Å²) in [5.41, 5.74) is 2.74. The van der Waals surface area contributed by atoms with Gasteiger partial charge in [0.25, 0.3) is 5.56 Å². The molecule has 4 aromatic heterocycles. The Kier molecular flexibility index (Phi) is 3.85. The van der Waals surface area contributed by atoms with Gasteiger partial charge in [-0.05, 0) is 32.0 Å². The molecule has 0 radical (unpaired) electrons. The summed E-state index contributed by atoms with van der Waals surface area (Å²) < 4.78 is 1.59. The normalized spacial score (nSPS) is 11.1. The predicted molar refractivity (Wildman–Crippen MR) is 98.5 cm³/mol. The first-order valence-corrected chi connectivity index (χ1v) is 8.72. The molecule has 0 unspecified atom stereocenters. The molecule has 0 spiro atoms. The molecule has 4 rings (SSSR count). The molecule has 7 heteroatoms. The number of hydrogen-bond acceptors (Lipinski definition) is 6. The van der Waals surface area contributed by atoms with Gasteiger partial charge in [-0.3, -0.25) is 14.3 Å². The molecule has 0 aliphatic rings. The van der Waals surface area contributed by atoms with E-state index < -0.39 is 0 Å². The van der Waals surface area contributed by atoms with Gasteiger partial charge >= 0.3 is 0 Å². The molecule has 0 bridgehead atoms. The first-order valence-electron chi connectivity index (χ1n) is 7.90. The molecule has 0 aliphatic carbocycles. The molecule has 0 aromatic carbocycles. The van der Waals surface area contributed by atoms with E-state index >= 15 is 0 Å². The topological polar surface area (TPSA) is 73.6 Å². The van der Waals surface area contributed by atoms with Crippen LogP contribution in [0.3, 0.4) is 0 Å². The van der Waals surface area contributed by atoms with Crippen LogP contribution in [-0.4, -0.2) is 24.5 Å². The third-order valence-electron chi connectivity index (χ3n) is 3.96. The van der Waals surface area contributed by atoms with Crippen LogP contribution in [0.25, 0.3) is 32.7 Å². The largest absolute Gasteiger partial charge is 0.299 e. The minimum absolute atomic E-state index is 0.0671. The molecule has 0 N–H and O–H groups in total. The average molecular weight is 349 g/mol. The minimum atomic E-state index is -0.0671. The highest BCUT2D eigenvalue weighted by molar-refractivity contribution is 7.15. The van der Waals surface area contributed by atoms with Crippen molar-refractivity contribution in [3.63, 3.8) is 0 Å². The molecule has 4 heterocycles. The molecule has 6 nitrogen and oxygen atoms in total. The fraction of sp³-hybridized carbons (Fsp3) is 0.167. The fourth-order valence-electron chi connectivity index (χ4n) is 2.70. The summed E-state index contributed by atoms with van der Waals surface area (Å²) in [7, 11) is 0. The molecular formula is C18H15N5OS. The lowest BCUT2D eigenvalue weighted by Crippen LogP contribution is -2.20. The molecule has 0 aliphatic heterocycles. The first kappa shape index (κ1) is 15.6. The maximum atomic E-state index is 12.8. The van der Waals surface area contributed by atoms with Crippen LogP contribution in [0.1, 0.15) is 11.9 Å². The Morgan fingerprint density at radius 2 is 2.12 bits per heavy atom. The smallest absolute Gasteiger partial charge is 0.261 e. The van der Waals surface area contributed by atoms with E-state index in [1.807, 2.05) is 32.0 Å². The van der Waals surface area contributed by atoms with Crippen molar-refractivity contribution in [2.24, 2.45) is 0 Å². The van der Waals surface area contributed by atoms with Crippen molar-refractivity contribution in [2.75, 3.05) is 0 Å². The second-order valence-electron chi connectivity index (χ2n) is 5.57. The van der Waals surface area contributed by atoms with Crippen molar-refractivity contribution >= 4 is 22.2 Å². The second kappa shape index (κ2) is 6.18. The summed E-state index contributed by atoms with van der Waals surface area (Å²) in [5.74, 6) is 0. The van der Waals surface area contributed by atoms with Crippen LogP contribution in [0.4, 0.5) is 0 Å². The summed E-state index contributed by atoms with van der Waals surface area (Å²) in [4.78, 5) is 31.5. The SMILES string of the molecule is CCn1cnc2c(-c3cccnc3)nc(-c3cnc(C)s3)cc2c1=O. The minimum Gasteiger partial charge on any atom is -0.299 e. The maximum Gasteiger partial charge on any atom is 0.261 e. The number of aryl methyl sites for hydroxylation is 2. The van der Waals surface area contributed by atoms with Crippen LogP contribution < -0.4 is 5.56 Å². The number of rotatable bonds is 3. The number of hydrogen-bond donors (Lipinski definition) is 0. The van der Waals surface area contributed by atoms with Crippen molar-refractivity contribution in [3.05, 3.63) is 58.5 Å². The zero-order valence-corrected chi connectivity index (χ0v) is 14.6. The molecular weight excluding hydrogens is 334 g/mol. The van der Waals surface area contributed by atoms with Crippen LogP contribution in [-0.2, 0) is 6.54 Å². The maximum absolute atomic E-state index is 12.8. The highest BCUT2D eigenvalue weighted by Crippen LogP contribution is 2.30. The Labute approximate surface area is 147 Å². The summed E-state index contributed by atoms with van der Waals surface area (Å²) in [6.07, 6.45) is 6.80. The third kappa shape index (κ3) is 2.72. The van der Waals surface area contributed by atoms with Gasteiger partial charge in [-0.25, -0.2) is 15.0 Å². The van der Waals surface area contributed by atoms with Gasteiger partial charge in [0.15, 0.2) is 0 Å². The van der Waals surface area contributed by atoms with Gasteiger partial charge in [-0.2, -0.15) is 0 Å². The van der Waals surface area contributed by atoms with Crippen LogP contribution in [0.15, 0.2) is 47.9 Å². The average Bonchev–Trinajstić information content (AvgIpc) is 3.08. The molecule has 4 aromatic rings. The van der Waals surface area contributed by atoms with Crippen molar-refractivity contribution < 1.29 is 0 Å². The number of fused-ring (bicyclic) bond motifs is 1. The number of nitrogens with zero attached hydrogens (tertiary/aromatic N) is 5. The molecule has 0 fully saturated rings. The van der Waals surface area contributed by atoms with Crippen molar-refractivity contribution in [1.82, 2.24) is 24.5 Å². The van der Waals surface area contributed by atoms with E-state index in [9.17, 15) is 4.79 Å². The lowest BCUT2D eigenvalue weighted by molar-refractivity contribution is 0.717. The van der Waals surface area contributed by atoms with Gasteiger partial charge in [-0.1, -0.05) is 0 Å². The van der Waals surface area contributed by atoms with Gasteiger partial charge < -0.3 is 0 Å². The molecule has 0 saturated carbocycles. The number of pyridine rings is 2. The highest BCUT2D eigenvalue weighted by atomic mass is 32.1. The van der Waals surface area contributed by atoms with Crippen LogP contribution in [0.2, 0.25) is 0 Å². The van der Waals surface area contributed by atoms with E-state index in [0.29, 0.717) is 23.1 Å². The second-order valence-corrected chi connectivity index (χ2v) is 6.81. The van der Waals surface area contributed by atoms with Gasteiger partial charge in [0.2, 0.25) is 0 Å². The molecule has 124 valence electrons. The van der Waals surface area contributed by atoms with E-state index in [1.165, 1.54) is 0 Å². The quantitative estimate of drug-likeness (QED) is 0.567. The first-order chi connectivity index (χ1) is 12.2. The molecule has 0 atom stereocenters. The van der Waals surface area contributed by atoms with Gasteiger partial charge in [0, 0.05) is 30.7 Å². The van der Waals surface area contributed by atoms with Gasteiger partial charge in [-0.15, -0.1) is 11.3 Å². The molecule has 0 amide bonds. The lowest BCUT2D eigenvalue weighted by atomic mass is 10.1. The van der Waals surface area contributed by atoms with Gasteiger partial charge in [0.05, 0.1) is 33.0 Å². The van der Waals surface area contributed by atoms with Crippen molar-refractivity contribution in [2.45, 2.75) is 20.4 Å². The van der Waals surface area contributed by atoms with E-state index in [0.717, 1.165) is 21.1 Å². The number of aromatic nitrogens is 5.